The monoisotopic (exact) mass is 354 g/mol. The van der Waals surface area contributed by atoms with Crippen molar-refractivity contribution >= 4 is 11.9 Å². The van der Waals surface area contributed by atoms with Crippen molar-refractivity contribution in [3.05, 3.63) is 52.3 Å². The van der Waals surface area contributed by atoms with Crippen molar-refractivity contribution in [2.24, 2.45) is 5.92 Å². The topological polar surface area (TPSA) is 92.3 Å². The molecule has 0 aliphatic carbocycles. The quantitative estimate of drug-likeness (QED) is 0.854. The summed E-state index contributed by atoms with van der Waals surface area (Å²) in [5, 5.41) is 9.12. The molecule has 3 N–H and O–H groups in total. The molecule has 1 saturated heterocycles. The number of nitrogens with zero attached hydrogens (tertiary/aromatic N) is 3. The maximum atomic E-state index is 12.7. The van der Waals surface area contributed by atoms with Gasteiger partial charge < -0.3 is 15.7 Å². The molecule has 1 aromatic heterocycles. The standard InChI is InChI=1S/C20H26N4O2/c1-13-18(14(2)23-20(21)22-13)10-19(26)24-8-7-17(11-24)9-15-3-5-16(12-25)6-4-15/h3-6,17,25H,7-12H2,1-2H3,(H2,21,22,23)/t17-/m1/s1. The van der Waals surface area contributed by atoms with Crippen molar-refractivity contribution in [1.29, 1.82) is 0 Å². The average Bonchev–Trinajstić information content (AvgIpc) is 3.07. The first-order valence-electron chi connectivity index (χ1n) is 9.02. The van der Waals surface area contributed by atoms with Crippen LogP contribution >= 0.6 is 0 Å². The molecule has 1 aliphatic heterocycles. The Balaban J connectivity index is 1.58. The SMILES string of the molecule is Cc1nc(N)nc(C)c1CC(=O)N1CC[C@H](Cc2ccc(CO)cc2)C1. The Bertz CT molecular complexity index is 766. The van der Waals surface area contributed by atoms with Gasteiger partial charge in [-0.05, 0) is 43.7 Å². The first kappa shape index (κ1) is 18.3. The van der Waals surface area contributed by atoms with E-state index in [4.69, 9.17) is 10.8 Å². The highest BCUT2D eigenvalue weighted by molar-refractivity contribution is 5.79. The van der Waals surface area contributed by atoms with Crippen LogP contribution in [0.25, 0.3) is 0 Å². The molecule has 0 radical (unpaired) electrons. The largest absolute Gasteiger partial charge is 0.392 e. The third kappa shape index (κ3) is 4.19. The van der Waals surface area contributed by atoms with Crippen LogP contribution in [-0.4, -0.2) is 39.0 Å². The Morgan fingerprint density at radius 3 is 2.42 bits per heavy atom. The van der Waals surface area contributed by atoms with Crippen molar-refractivity contribution in [1.82, 2.24) is 14.9 Å². The number of aliphatic hydroxyl groups is 1. The summed E-state index contributed by atoms with van der Waals surface area (Å²) in [6.07, 6.45) is 2.30. The van der Waals surface area contributed by atoms with Crippen LogP contribution in [0.15, 0.2) is 24.3 Å². The van der Waals surface area contributed by atoms with Crippen LogP contribution in [-0.2, 0) is 24.2 Å². The minimum Gasteiger partial charge on any atom is -0.392 e. The molecule has 2 aromatic rings. The Kier molecular flexibility index (Phi) is 5.52. The smallest absolute Gasteiger partial charge is 0.227 e. The highest BCUT2D eigenvalue weighted by Gasteiger charge is 2.27. The lowest BCUT2D eigenvalue weighted by Gasteiger charge is -2.18. The summed E-state index contributed by atoms with van der Waals surface area (Å²) in [4.78, 5) is 23.0. The van der Waals surface area contributed by atoms with Crippen LogP contribution in [0.2, 0.25) is 0 Å². The van der Waals surface area contributed by atoms with Gasteiger partial charge in [-0.2, -0.15) is 0 Å². The normalized spacial score (nSPS) is 16.9. The number of carbonyl (C=O) groups excluding carboxylic acids is 1. The highest BCUT2D eigenvalue weighted by atomic mass is 16.3. The van der Waals surface area contributed by atoms with Crippen molar-refractivity contribution in [2.45, 2.75) is 39.7 Å². The number of aryl methyl sites for hydroxylation is 2. The van der Waals surface area contributed by atoms with Gasteiger partial charge in [-0.25, -0.2) is 9.97 Å². The number of rotatable bonds is 5. The van der Waals surface area contributed by atoms with E-state index in [1.807, 2.05) is 30.9 Å². The molecule has 0 unspecified atom stereocenters. The fourth-order valence-corrected chi connectivity index (χ4v) is 3.62. The molecule has 138 valence electrons. The number of aliphatic hydroxyl groups excluding tert-OH is 1. The van der Waals surface area contributed by atoms with E-state index in [2.05, 4.69) is 22.1 Å². The summed E-state index contributed by atoms with van der Waals surface area (Å²) >= 11 is 0. The molecule has 1 amide bonds. The van der Waals surface area contributed by atoms with Crippen molar-refractivity contribution in [2.75, 3.05) is 18.8 Å². The van der Waals surface area contributed by atoms with Crippen LogP contribution in [0.1, 0.15) is 34.5 Å². The minimum absolute atomic E-state index is 0.0691. The predicted molar refractivity (Wildman–Crippen MR) is 100 cm³/mol. The zero-order valence-electron chi connectivity index (χ0n) is 15.4. The summed E-state index contributed by atoms with van der Waals surface area (Å²) < 4.78 is 0. The molecule has 1 atom stereocenters. The van der Waals surface area contributed by atoms with E-state index in [-0.39, 0.29) is 18.5 Å². The van der Waals surface area contributed by atoms with Gasteiger partial charge in [0, 0.05) is 30.0 Å². The molecule has 1 aliphatic rings. The number of likely N-dealkylation sites (tertiary alicyclic amines) is 1. The third-order valence-electron chi connectivity index (χ3n) is 5.13. The lowest BCUT2D eigenvalue weighted by Crippen LogP contribution is -2.31. The second-order valence-electron chi connectivity index (χ2n) is 7.08. The van der Waals surface area contributed by atoms with Crippen LogP contribution in [0.4, 0.5) is 5.95 Å². The van der Waals surface area contributed by atoms with Crippen molar-refractivity contribution < 1.29 is 9.90 Å². The lowest BCUT2D eigenvalue weighted by atomic mass is 9.98. The van der Waals surface area contributed by atoms with Gasteiger partial charge in [0.15, 0.2) is 0 Å². The predicted octanol–water partition coefficient (Wildman–Crippen LogP) is 1.80. The molecule has 0 saturated carbocycles. The number of amides is 1. The number of nitrogen functional groups attached to an aromatic ring is 1. The van der Waals surface area contributed by atoms with Crippen LogP contribution < -0.4 is 5.73 Å². The van der Waals surface area contributed by atoms with Gasteiger partial charge in [-0.3, -0.25) is 4.79 Å². The van der Waals surface area contributed by atoms with Crippen LogP contribution in [0.5, 0.6) is 0 Å². The zero-order valence-corrected chi connectivity index (χ0v) is 15.4. The number of anilines is 1. The van der Waals surface area contributed by atoms with E-state index in [1.165, 1.54) is 5.56 Å². The molecule has 1 aromatic carbocycles. The maximum Gasteiger partial charge on any atom is 0.227 e. The van der Waals surface area contributed by atoms with Gasteiger partial charge in [-0.1, -0.05) is 24.3 Å². The van der Waals surface area contributed by atoms with Crippen LogP contribution in [0, 0.1) is 19.8 Å². The van der Waals surface area contributed by atoms with Gasteiger partial charge in [-0.15, -0.1) is 0 Å². The molecule has 26 heavy (non-hydrogen) atoms. The second kappa shape index (κ2) is 7.83. The highest BCUT2D eigenvalue weighted by Crippen LogP contribution is 2.23. The average molecular weight is 354 g/mol. The van der Waals surface area contributed by atoms with Crippen molar-refractivity contribution in [3.63, 3.8) is 0 Å². The molecular formula is C20H26N4O2. The number of benzene rings is 1. The molecule has 1 fully saturated rings. The second-order valence-corrected chi connectivity index (χ2v) is 7.08. The summed E-state index contributed by atoms with van der Waals surface area (Å²) in [5.41, 5.74) is 10.3. The number of aromatic nitrogens is 2. The fraction of sp³-hybridized carbons (Fsp3) is 0.450. The van der Waals surface area contributed by atoms with Gasteiger partial charge in [0.05, 0.1) is 13.0 Å². The third-order valence-corrected chi connectivity index (χ3v) is 5.13. The van der Waals surface area contributed by atoms with E-state index in [0.717, 1.165) is 48.4 Å². The number of hydrogen-bond donors (Lipinski definition) is 2. The maximum absolute atomic E-state index is 12.7. The lowest BCUT2D eigenvalue weighted by molar-refractivity contribution is -0.129. The minimum atomic E-state index is 0.0691. The summed E-state index contributed by atoms with van der Waals surface area (Å²) in [6.45, 7) is 5.40. The molecular weight excluding hydrogens is 328 g/mol. The molecule has 2 heterocycles. The Morgan fingerprint density at radius 1 is 1.19 bits per heavy atom. The zero-order chi connectivity index (χ0) is 18.7. The summed E-state index contributed by atoms with van der Waals surface area (Å²) in [5.74, 6) is 0.858. The first-order valence-corrected chi connectivity index (χ1v) is 9.02. The van der Waals surface area contributed by atoms with E-state index >= 15 is 0 Å². The van der Waals surface area contributed by atoms with Gasteiger partial charge in [0.25, 0.3) is 0 Å². The molecule has 0 bridgehead atoms. The van der Waals surface area contributed by atoms with E-state index in [9.17, 15) is 4.79 Å². The Morgan fingerprint density at radius 2 is 1.81 bits per heavy atom. The molecule has 3 rings (SSSR count). The molecule has 6 heteroatoms. The van der Waals surface area contributed by atoms with Crippen LogP contribution in [0.3, 0.4) is 0 Å². The number of carbonyl (C=O) groups is 1. The Hall–Kier alpha value is -2.47. The van der Waals surface area contributed by atoms with E-state index in [1.54, 1.807) is 0 Å². The molecule has 0 spiro atoms. The van der Waals surface area contributed by atoms with E-state index < -0.39 is 0 Å². The summed E-state index contributed by atoms with van der Waals surface area (Å²) in [7, 11) is 0. The van der Waals surface area contributed by atoms with Gasteiger partial charge >= 0.3 is 0 Å². The number of hydrogen-bond acceptors (Lipinski definition) is 5. The number of nitrogens with two attached hydrogens (primary N) is 1. The van der Waals surface area contributed by atoms with E-state index in [0.29, 0.717) is 12.3 Å². The van der Waals surface area contributed by atoms with Crippen molar-refractivity contribution in [3.8, 4) is 0 Å². The van der Waals surface area contributed by atoms with Gasteiger partial charge in [0.2, 0.25) is 11.9 Å². The fourth-order valence-electron chi connectivity index (χ4n) is 3.62. The summed E-state index contributed by atoms with van der Waals surface area (Å²) in [6, 6.07) is 8.04. The first-order chi connectivity index (χ1) is 12.5. The molecule has 6 nitrogen and oxygen atoms in total. The van der Waals surface area contributed by atoms with Gasteiger partial charge in [0.1, 0.15) is 0 Å². The Labute approximate surface area is 154 Å².